The molecule has 0 unspecified atom stereocenters. The lowest BCUT2D eigenvalue weighted by molar-refractivity contribution is 0.832. The minimum atomic E-state index is 0.684. The number of hydrogen-bond donors (Lipinski definition) is 1. The van der Waals surface area contributed by atoms with E-state index in [2.05, 4.69) is 24.0 Å². The third-order valence-electron chi connectivity index (χ3n) is 3.07. The monoisotopic (exact) mass is 251 g/mol. The molecule has 0 spiro atoms. The lowest BCUT2D eigenvalue weighted by Gasteiger charge is -2.23. The Labute approximate surface area is 113 Å². The molecule has 0 radical (unpaired) electrons. The fourth-order valence-corrected chi connectivity index (χ4v) is 2.04. The molecule has 2 aromatic rings. The fourth-order valence-electron chi connectivity index (χ4n) is 2.04. The highest BCUT2D eigenvalue weighted by atomic mass is 15.1. The van der Waals surface area contributed by atoms with Gasteiger partial charge in [-0.3, -0.25) is 0 Å². The summed E-state index contributed by atoms with van der Waals surface area (Å²) in [7, 11) is 0. The number of anilines is 2. The van der Waals surface area contributed by atoms with Crippen LogP contribution in [0.2, 0.25) is 0 Å². The quantitative estimate of drug-likeness (QED) is 0.849. The number of hydrogen-bond acceptors (Lipinski definition) is 3. The normalized spacial score (nSPS) is 9.89. The van der Waals surface area contributed by atoms with Crippen LogP contribution in [0.15, 0.2) is 48.5 Å². The lowest BCUT2D eigenvalue weighted by atomic mass is 10.1. The SMILES string of the molecule is CCN(Cc1cccc(N)c1)c1ccc(C#N)cc1. The van der Waals surface area contributed by atoms with Crippen LogP contribution in [0.5, 0.6) is 0 Å². The van der Waals surface area contributed by atoms with Gasteiger partial charge in [0.15, 0.2) is 0 Å². The first-order valence-corrected chi connectivity index (χ1v) is 6.32. The Balaban J connectivity index is 2.18. The molecule has 0 aliphatic carbocycles. The third kappa shape index (κ3) is 3.26. The van der Waals surface area contributed by atoms with Gasteiger partial charge in [0, 0.05) is 24.5 Å². The van der Waals surface area contributed by atoms with Gasteiger partial charge < -0.3 is 10.6 Å². The fraction of sp³-hybridized carbons (Fsp3) is 0.188. The summed E-state index contributed by atoms with van der Waals surface area (Å²) in [5.41, 5.74) is 9.57. The second-order valence-corrected chi connectivity index (χ2v) is 4.42. The molecule has 0 amide bonds. The van der Waals surface area contributed by atoms with E-state index in [0.29, 0.717) is 5.56 Å². The summed E-state index contributed by atoms with van der Waals surface area (Å²) in [5, 5.41) is 8.81. The van der Waals surface area contributed by atoms with E-state index < -0.39 is 0 Å². The van der Waals surface area contributed by atoms with Gasteiger partial charge in [-0.15, -0.1) is 0 Å². The maximum atomic E-state index is 8.81. The molecule has 0 bridgehead atoms. The average molecular weight is 251 g/mol. The zero-order chi connectivity index (χ0) is 13.7. The topological polar surface area (TPSA) is 53.0 Å². The van der Waals surface area contributed by atoms with Crippen LogP contribution in [-0.4, -0.2) is 6.54 Å². The number of nitrogen functional groups attached to an aromatic ring is 1. The molecule has 96 valence electrons. The van der Waals surface area contributed by atoms with Gasteiger partial charge in [-0.25, -0.2) is 0 Å². The largest absolute Gasteiger partial charge is 0.399 e. The van der Waals surface area contributed by atoms with Gasteiger partial charge in [0.25, 0.3) is 0 Å². The smallest absolute Gasteiger partial charge is 0.0991 e. The first kappa shape index (κ1) is 13.0. The van der Waals surface area contributed by atoms with Gasteiger partial charge >= 0.3 is 0 Å². The molecule has 0 aliphatic heterocycles. The molecule has 2 N–H and O–H groups in total. The number of nitrogens with zero attached hydrogens (tertiary/aromatic N) is 2. The Morgan fingerprint density at radius 3 is 2.47 bits per heavy atom. The van der Waals surface area contributed by atoms with Crippen molar-refractivity contribution < 1.29 is 0 Å². The highest BCUT2D eigenvalue weighted by Gasteiger charge is 2.05. The second kappa shape index (κ2) is 5.92. The van der Waals surface area contributed by atoms with E-state index in [0.717, 1.165) is 24.5 Å². The van der Waals surface area contributed by atoms with Crippen molar-refractivity contribution in [3.05, 3.63) is 59.7 Å². The van der Waals surface area contributed by atoms with Crippen LogP contribution in [0.1, 0.15) is 18.1 Å². The van der Waals surface area contributed by atoms with Gasteiger partial charge in [-0.1, -0.05) is 12.1 Å². The van der Waals surface area contributed by atoms with Crippen molar-refractivity contribution in [3.63, 3.8) is 0 Å². The van der Waals surface area contributed by atoms with E-state index in [4.69, 9.17) is 11.0 Å². The van der Waals surface area contributed by atoms with Crippen molar-refractivity contribution in [2.45, 2.75) is 13.5 Å². The van der Waals surface area contributed by atoms with Crippen molar-refractivity contribution in [2.75, 3.05) is 17.2 Å². The molecule has 3 nitrogen and oxygen atoms in total. The van der Waals surface area contributed by atoms with E-state index in [1.807, 2.05) is 42.5 Å². The van der Waals surface area contributed by atoms with Gasteiger partial charge in [0.1, 0.15) is 0 Å². The molecule has 0 aromatic heterocycles. The van der Waals surface area contributed by atoms with Crippen LogP contribution in [-0.2, 0) is 6.54 Å². The Kier molecular flexibility index (Phi) is 4.04. The van der Waals surface area contributed by atoms with Crippen LogP contribution >= 0.6 is 0 Å². The molecule has 0 saturated heterocycles. The van der Waals surface area contributed by atoms with Crippen molar-refractivity contribution in [2.24, 2.45) is 0 Å². The van der Waals surface area contributed by atoms with Crippen LogP contribution < -0.4 is 10.6 Å². The number of rotatable bonds is 4. The summed E-state index contributed by atoms with van der Waals surface area (Å²) in [6, 6.07) is 17.7. The van der Waals surface area contributed by atoms with E-state index in [9.17, 15) is 0 Å². The summed E-state index contributed by atoms with van der Waals surface area (Å²) >= 11 is 0. The number of nitrogens with two attached hydrogens (primary N) is 1. The minimum absolute atomic E-state index is 0.684. The molecule has 0 saturated carbocycles. The van der Waals surface area contributed by atoms with Crippen LogP contribution in [0.4, 0.5) is 11.4 Å². The third-order valence-corrected chi connectivity index (χ3v) is 3.07. The van der Waals surface area contributed by atoms with Crippen molar-refractivity contribution in [3.8, 4) is 6.07 Å². The first-order chi connectivity index (χ1) is 9.22. The van der Waals surface area contributed by atoms with Crippen molar-refractivity contribution >= 4 is 11.4 Å². The first-order valence-electron chi connectivity index (χ1n) is 6.32. The van der Waals surface area contributed by atoms with Gasteiger partial charge in [-0.2, -0.15) is 5.26 Å². The summed E-state index contributed by atoms with van der Waals surface area (Å²) in [6.45, 7) is 3.83. The Morgan fingerprint density at radius 1 is 1.16 bits per heavy atom. The summed E-state index contributed by atoms with van der Waals surface area (Å²) in [5.74, 6) is 0. The minimum Gasteiger partial charge on any atom is -0.399 e. The standard InChI is InChI=1S/C16H17N3/c1-2-19(12-14-4-3-5-15(18)10-14)16-8-6-13(11-17)7-9-16/h3-10H,2,12,18H2,1H3. The predicted molar refractivity (Wildman–Crippen MR) is 78.7 cm³/mol. The molecular weight excluding hydrogens is 234 g/mol. The number of nitriles is 1. The van der Waals surface area contributed by atoms with Crippen molar-refractivity contribution in [1.82, 2.24) is 0 Å². The lowest BCUT2D eigenvalue weighted by Crippen LogP contribution is -2.21. The maximum absolute atomic E-state index is 8.81. The van der Waals surface area contributed by atoms with Crippen LogP contribution in [0, 0.1) is 11.3 Å². The highest BCUT2D eigenvalue weighted by molar-refractivity contribution is 5.51. The van der Waals surface area contributed by atoms with E-state index in [1.165, 1.54) is 5.56 Å². The molecule has 3 heteroatoms. The molecular formula is C16H17N3. The molecule has 2 aromatic carbocycles. The Hall–Kier alpha value is -2.47. The average Bonchev–Trinajstić information content (AvgIpc) is 2.45. The second-order valence-electron chi connectivity index (χ2n) is 4.42. The van der Waals surface area contributed by atoms with Crippen LogP contribution in [0.3, 0.4) is 0 Å². The van der Waals surface area contributed by atoms with E-state index >= 15 is 0 Å². The molecule has 2 rings (SSSR count). The zero-order valence-electron chi connectivity index (χ0n) is 11.0. The summed E-state index contributed by atoms with van der Waals surface area (Å²) in [4.78, 5) is 2.25. The Morgan fingerprint density at radius 2 is 1.89 bits per heavy atom. The maximum Gasteiger partial charge on any atom is 0.0991 e. The summed E-state index contributed by atoms with van der Waals surface area (Å²) < 4.78 is 0. The molecule has 19 heavy (non-hydrogen) atoms. The van der Waals surface area contributed by atoms with Gasteiger partial charge in [-0.05, 0) is 48.9 Å². The summed E-state index contributed by atoms with van der Waals surface area (Å²) in [6.07, 6.45) is 0. The number of benzene rings is 2. The van der Waals surface area contributed by atoms with Crippen molar-refractivity contribution in [1.29, 1.82) is 5.26 Å². The van der Waals surface area contributed by atoms with E-state index in [1.54, 1.807) is 0 Å². The Bertz CT molecular complexity index is 582. The zero-order valence-corrected chi connectivity index (χ0v) is 11.0. The van der Waals surface area contributed by atoms with Gasteiger partial charge in [0.2, 0.25) is 0 Å². The highest BCUT2D eigenvalue weighted by Crippen LogP contribution is 2.18. The van der Waals surface area contributed by atoms with Crippen LogP contribution in [0.25, 0.3) is 0 Å². The predicted octanol–water partition coefficient (Wildman–Crippen LogP) is 3.17. The molecule has 0 aliphatic rings. The molecule has 0 atom stereocenters. The molecule has 0 heterocycles. The molecule has 0 fully saturated rings. The van der Waals surface area contributed by atoms with E-state index in [-0.39, 0.29) is 0 Å². The van der Waals surface area contributed by atoms with Gasteiger partial charge in [0.05, 0.1) is 11.6 Å².